The Kier molecular flexibility index (Phi) is 3.52. The van der Waals surface area contributed by atoms with Crippen molar-refractivity contribution in [3.8, 4) is 5.19 Å². The summed E-state index contributed by atoms with van der Waals surface area (Å²) in [6, 6.07) is 3.11. The molecule has 5 nitrogen and oxygen atoms in total. The highest BCUT2D eigenvalue weighted by Gasteiger charge is 2.39. The van der Waals surface area contributed by atoms with Crippen LogP contribution in [0.2, 0.25) is 4.34 Å². The van der Waals surface area contributed by atoms with Gasteiger partial charge in [0.15, 0.2) is 0 Å². The topological polar surface area (TPSA) is 59.5 Å². The highest BCUT2D eigenvalue weighted by Crippen LogP contribution is 2.31. The number of thiazole rings is 1. The molecule has 1 saturated heterocycles. The van der Waals surface area contributed by atoms with Crippen LogP contribution in [0.5, 0.6) is 5.19 Å². The number of aromatic nitrogens is 1. The predicted molar refractivity (Wildman–Crippen MR) is 74.6 cm³/mol. The number of hydrogen-bond acceptors (Lipinski definition) is 6. The number of ether oxygens (including phenoxy) is 1. The van der Waals surface area contributed by atoms with Crippen molar-refractivity contribution in [2.24, 2.45) is 0 Å². The molecule has 0 spiro atoms. The zero-order valence-electron chi connectivity index (χ0n) is 9.52. The van der Waals surface area contributed by atoms with E-state index in [1.165, 1.54) is 21.7 Å². The second-order valence-corrected chi connectivity index (χ2v) is 8.66. The summed E-state index contributed by atoms with van der Waals surface area (Å²) in [4.78, 5) is 4.00. The molecule has 102 valence electrons. The van der Waals surface area contributed by atoms with E-state index in [0.29, 0.717) is 22.6 Å². The lowest BCUT2D eigenvalue weighted by molar-refractivity contribution is 0.0761. The van der Waals surface area contributed by atoms with Crippen LogP contribution in [0.1, 0.15) is 0 Å². The highest BCUT2D eigenvalue weighted by atomic mass is 35.5. The third-order valence-electron chi connectivity index (χ3n) is 2.63. The number of hydrogen-bond donors (Lipinski definition) is 0. The van der Waals surface area contributed by atoms with Crippen LogP contribution in [0, 0.1) is 0 Å². The molecule has 0 radical (unpaired) electrons. The molecule has 1 fully saturated rings. The van der Waals surface area contributed by atoms with Gasteiger partial charge < -0.3 is 4.74 Å². The molecule has 3 heterocycles. The minimum atomic E-state index is -3.42. The molecule has 3 rings (SSSR count). The van der Waals surface area contributed by atoms with E-state index in [1.807, 2.05) is 5.38 Å². The maximum atomic E-state index is 12.2. The summed E-state index contributed by atoms with van der Waals surface area (Å²) < 4.78 is 32.0. The van der Waals surface area contributed by atoms with E-state index in [-0.39, 0.29) is 10.3 Å². The molecule has 0 amide bonds. The van der Waals surface area contributed by atoms with Gasteiger partial charge in [0.2, 0.25) is 0 Å². The molecule has 0 atom stereocenters. The first-order valence-corrected chi connectivity index (χ1v) is 8.89. The number of nitrogens with zero attached hydrogens (tertiary/aromatic N) is 2. The van der Waals surface area contributed by atoms with Gasteiger partial charge in [0.25, 0.3) is 15.2 Å². The Morgan fingerprint density at radius 3 is 2.79 bits per heavy atom. The normalized spacial score (nSPS) is 17.3. The predicted octanol–water partition coefficient (Wildman–Crippen LogP) is 2.31. The van der Waals surface area contributed by atoms with Crippen LogP contribution in [0.25, 0.3) is 0 Å². The van der Waals surface area contributed by atoms with Crippen LogP contribution in [-0.4, -0.2) is 36.9 Å². The van der Waals surface area contributed by atoms with Gasteiger partial charge in [-0.2, -0.15) is 4.31 Å². The van der Waals surface area contributed by atoms with E-state index < -0.39 is 10.0 Å². The summed E-state index contributed by atoms with van der Waals surface area (Å²) in [6.45, 7) is 0.689. The fourth-order valence-electron chi connectivity index (χ4n) is 1.65. The first-order chi connectivity index (χ1) is 9.05. The van der Waals surface area contributed by atoms with Gasteiger partial charge >= 0.3 is 0 Å². The lowest BCUT2D eigenvalue weighted by Gasteiger charge is -2.36. The summed E-state index contributed by atoms with van der Waals surface area (Å²) in [6.07, 6.45) is 1.53. The molecule has 1 aliphatic rings. The Balaban J connectivity index is 1.64. The van der Waals surface area contributed by atoms with Gasteiger partial charge in [-0.25, -0.2) is 13.4 Å². The van der Waals surface area contributed by atoms with Crippen molar-refractivity contribution in [3.63, 3.8) is 0 Å². The number of thiophene rings is 1. The third-order valence-corrected chi connectivity index (χ3v) is 6.83. The van der Waals surface area contributed by atoms with Crippen molar-refractivity contribution in [1.29, 1.82) is 0 Å². The van der Waals surface area contributed by atoms with Gasteiger partial charge in [-0.15, -0.1) is 11.3 Å². The number of halogens is 1. The van der Waals surface area contributed by atoms with Crippen molar-refractivity contribution in [3.05, 3.63) is 28.0 Å². The molecular weight excluding hydrogens is 328 g/mol. The fraction of sp³-hybridized carbons (Fsp3) is 0.300. The summed E-state index contributed by atoms with van der Waals surface area (Å²) in [5.41, 5.74) is 0. The van der Waals surface area contributed by atoms with Crippen LogP contribution >= 0.6 is 34.3 Å². The molecule has 2 aromatic heterocycles. The van der Waals surface area contributed by atoms with Crippen LogP contribution in [0.4, 0.5) is 0 Å². The molecule has 1 aliphatic heterocycles. The van der Waals surface area contributed by atoms with Crippen molar-refractivity contribution in [2.75, 3.05) is 13.1 Å². The quantitative estimate of drug-likeness (QED) is 0.859. The first kappa shape index (κ1) is 13.3. The summed E-state index contributed by atoms with van der Waals surface area (Å²) in [7, 11) is -3.42. The van der Waals surface area contributed by atoms with Crippen LogP contribution in [-0.2, 0) is 10.0 Å². The van der Waals surface area contributed by atoms with Crippen molar-refractivity contribution >= 4 is 44.3 Å². The van der Waals surface area contributed by atoms with Gasteiger partial charge in [0.1, 0.15) is 10.3 Å². The summed E-state index contributed by atoms with van der Waals surface area (Å²) in [5, 5.41) is 2.39. The average Bonchev–Trinajstić information content (AvgIpc) is 2.93. The van der Waals surface area contributed by atoms with Gasteiger partial charge in [-0.05, 0) is 12.1 Å². The standard InChI is InChI=1S/C10H9ClN2O3S3/c11-8-1-2-9(18-8)19(14,15)13-5-7(6-13)16-10-12-3-4-17-10/h1-4,7H,5-6H2. The molecular formula is C10H9ClN2O3S3. The lowest BCUT2D eigenvalue weighted by Crippen LogP contribution is -2.55. The SMILES string of the molecule is O=S(=O)(c1ccc(Cl)s1)N1CC(Oc2nccs2)C1. The Morgan fingerprint density at radius 2 is 2.21 bits per heavy atom. The second-order valence-electron chi connectivity index (χ2n) is 3.92. The van der Waals surface area contributed by atoms with Crippen LogP contribution < -0.4 is 4.74 Å². The molecule has 0 bridgehead atoms. The summed E-state index contributed by atoms with van der Waals surface area (Å²) >= 11 is 8.22. The van der Waals surface area contributed by atoms with E-state index in [1.54, 1.807) is 12.3 Å². The summed E-state index contributed by atoms with van der Waals surface area (Å²) in [5.74, 6) is 0. The lowest BCUT2D eigenvalue weighted by atomic mass is 10.2. The zero-order chi connectivity index (χ0) is 13.5. The van der Waals surface area contributed by atoms with Crippen LogP contribution in [0.3, 0.4) is 0 Å². The molecule has 2 aromatic rings. The molecule has 0 saturated carbocycles. The molecule has 0 unspecified atom stereocenters. The van der Waals surface area contributed by atoms with E-state index in [2.05, 4.69) is 4.98 Å². The first-order valence-electron chi connectivity index (χ1n) is 5.37. The van der Waals surface area contributed by atoms with E-state index in [0.717, 1.165) is 11.3 Å². The van der Waals surface area contributed by atoms with Gasteiger partial charge in [-0.3, -0.25) is 0 Å². The van der Waals surface area contributed by atoms with E-state index >= 15 is 0 Å². The zero-order valence-corrected chi connectivity index (χ0v) is 12.7. The third kappa shape index (κ3) is 2.63. The monoisotopic (exact) mass is 336 g/mol. The molecule has 19 heavy (non-hydrogen) atoms. The Bertz CT molecular complexity index is 662. The minimum Gasteiger partial charge on any atom is -0.464 e. The Morgan fingerprint density at radius 1 is 1.42 bits per heavy atom. The highest BCUT2D eigenvalue weighted by molar-refractivity contribution is 7.91. The average molecular weight is 337 g/mol. The van der Waals surface area contributed by atoms with Gasteiger partial charge in [0, 0.05) is 11.6 Å². The van der Waals surface area contributed by atoms with Gasteiger partial charge in [0.05, 0.1) is 17.4 Å². The van der Waals surface area contributed by atoms with Crippen LogP contribution in [0.15, 0.2) is 27.9 Å². The number of sulfonamides is 1. The molecule has 0 aromatic carbocycles. The van der Waals surface area contributed by atoms with Gasteiger partial charge in [-0.1, -0.05) is 22.9 Å². The van der Waals surface area contributed by atoms with Crippen molar-refractivity contribution in [1.82, 2.24) is 9.29 Å². The largest absolute Gasteiger partial charge is 0.464 e. The molecule has 0 aliphatic carbocycles. The smallest absolute Gasteiger partial charge is 0.273 e. The maximum absolute atomic E-state index is 12.2. The fourth-order valence-corrected chi connectivity index (χ4v) is 5.34. The molecule has 9 heteroatoms. The van der Waals surface area contributed by atoms with E-state index in [4.69, 9.17) is 16.3 Å². The van der Waals surface area contributed by atoms with E-state index in [9.17, 15) is 8.42 Å². The molecule has 0 N–H and O–H groups in total. The maximum Gasteiger partial charge on any atom is 0.273 e. The van der Waals surface area contributed by atoms with Crippen molar-refractivity contribution < 1.29 is 13.2 Å². The minimum absolute atomic E-state index is 0.128. The number of rotatable bonds is 4. The second kappa shape index (κ2) is 5.02. The van der Waals surface area contributed by atoms with Crippen molar-refractivity contribution in [2.45, 2.75) is 10.3 Å². The Hall–Kier alpha value is -0.670. The Labute approximate surface area is 123 Å².